The summed E-state index contributed by atoms with van der Waals surface area (Å²) in [4.78, 5) is 16.8. The maximum absolute atomic E-state index is 12.2. The van der Waals surface area contributed by atoms with Gasteiger partial charge in [-0.2, -0.15) is 0 Å². The molecular formula is C23H18ClN3O2S2. The van der Waals surface area contributed by atoms with E-state index in [0.29, 0.717) is 15.9 Å². The summed E-state index contributed by atoms with van der Waals surface area (Å²) < 4.78 is 5.54. The van der Waals surface area contributed by atoms with Gasteiger partial charge in [-0.3, -0.25) is 10.1 Å². The fraction of sp³-hybridized carbons (Fsp3) is 0.0870. The number of carbonyl (C=O) groups excluding carboxylic acids is 1. The number of hydrogen-bond acceptors (Lipinski definition) is 5. The van der Waals surface area contributed by atoms with Crippen LogP contribution in [-0.2, 0) is 4.79 Å². The van der Waals surface area contributed by atoms with Crippen LogP contribution in [-0.4, -0.2) is 22.6 Å². The molecule has 156 valence electrons. The first-order chi connectivity index (χ1) is 15.0. The van der Waals surface area contributed by atoms with Crippen LogP contribution < -0.4 is 15.4 Å². The Kier molecular flexibility index (Phi) is 6.46. The van der Waals surface area contributed by atoms with Crippen molar-refractivity contribution < 1.29 is 9.53 Å². The highest BCUT2D eigenvalue weighted by Gasteiger charge is 2.11. The SMILES string of the molecule is Cc1cc(Cl)ccc1OCC(=O)NC(=S)Nc1nc(-c2cccc3ccccc23)cs1. The predicted molar refractivity (Wildman–Crippen MR) is 131 cm³/mol. The molecule has 4 rings (SSSR count). The Morgan fingerprint density at radius 2 is 1.97 bits per heavy atom. The summed E-state index contributed by atoms with van der Waals surface area (Å²) >= 11 is 12.6. The largest absolute Gasteiger partial charge is 0.483 e. The van der Waals surface area contributed by atoms with Gasteiger partial charge in [-0.25, -0.2) is 4.98 Å². The number of fused-ring (bicyclic) bond motifs is 1. The van der Waals surface area contributed by atoms with Crippen molar-refractivity contribution in [3.8, 4) is 17.0 Å². The number of nitrogens with one attached hydrogen (secondary N) is 2. The van der Waals surface area contributed by atoms with Gasteiger partial charge in [0.15, 0.2) is 16.9 Å². The fourth-order valence-corrected chi connectivity index (χ4v) is 4.33. The number of carbonyl (C=O) groups is 1. The van der Waals surface area contributed by atoms with Gasteiger partial charge in [0.05, 0.1) is 5.69 Å². The smallest absolute Gasteiger partial charge is 0.264 e. The third-order valence-electron chi connectivity index (χ3n) is 4.54. The minimum atomic E-state index is -0.363. The van der Waals surface area contributed by atoms with Gasteiger partial charge in [0.25, 0.3) is 5.91 Å². The minimum absolute atomic E-state index is 0.163. The van der Waals surface area contributed by atoms with Crippen molar-refractivity contribution in [1.29, 1.82) is 0 Å². The lowest BCUT2D eigenvalue weighted by Crippen LogP contribution is -2.37. The molecule has 0 bridgehead atoms. The van der Waals surface area contributed by atoms with E-state index < -0.39 is 0 Å². The molecule has 0 saturated carbocycles. The van der Waals surface area contributed by atoms with E-state index in [1.54, 1.807) is 18.2 Å². The molecule has 3 aromatic carbocycles. The normalized spacial score (nSPS) is 10.6. The van der Waals surface area contributed by atoms with Crippen molar-refractivity contribution in [2.75, 3.05) is 11.9 Å². The van der Waals surface area contributed by atoms with Crippen LogP contribution in [0.1, 0.15) is 5.56 Å². The topological polar surface area (TPSA) is 63.2 Å². The van der Waals surface area contributed by atoms with Crippen LogP contribution in [0.15, 0.2) is 66.0 Å². The highest BCUT2D eigenvalue weighted by atomic mass is 35.5. The Morgan fingerprint density at radius 1 is 1.16 bits per heavy atom. The Bertz CT molecular complexity index is 1270. The maximum Gasteiger partial charge on any atom is 0.264 e. The van der Waals surface area contributed by atoms with Crippen molar-refractivity contribution in [3.63, 3.8) is 0 Å². The highest BCUT2D eigenvalue weighted by molar-refractivity contribution is 7.80. The summed E-state index contributed by atoms with van der Waals surface area (Å²) in [5, 5.41) is 11.2. The van der Waals surface area contributed by atoms with Gasteiger partial charge in [0.2, 0.25) is 0 Å². The quantitative estimate of drug-likeness (QED) is 0.362. The number of nitrogens with zero attached hydrogens (tertiary/aromatic N) is 1. The van der Waals surface area contributed by atoms with Gasteiger partial charge < -0.3 is 10.1 Å². The Morgan fingerprint density at radius 3 is 2.81 bits per heavy atom. The van der Waals surface area contributed by atoms with Gasteiger partial charge in [-0.05, 0) is 53.7 Å². The number of thiazole rings is 1. The number of amides is 1. The van der Waals surface area contributed by atoms with E-state index in [9.17, 15) is 4.79 Å². The second kappa shape index (κ2) is 9.43. The number of aromatic nitrogens is 1. The molecule has 2 N–H and O–H groups in total. The summed E-state index contributed by atoms with van der Waals surface area (Å²) in [7, 11) is 0. The molecule has 0 aliphatic rings. The van der Waals surface area contributed by atoms with Crippen molar-refractivity contribution in [2.45, 2.75) is 6.92 Å². The molecule has 0 aliphatic heterocycles. The van der Waals surface area contributed by atoms with Gasteiger partial charge in [-0.15, -0.1) is 11.3 Å². The lowest BCUT2D eigenvalue weighted by molar-refractivity contribution is -0.121. The molecule has 0 saturated heterocycles. The summed E-state index contributed by atoms with van der Waals surface area (Å²) in [5.41, 5.74) is 2.74. The van der Waals surface area contributed by atoms with Crippen LogP contribution in [0.2, 0.25) is 5.02 Å². The Balaban J connectivity index is 1.36. The van der Waals surface area contributed by atoms with Crippen LogP contribution in [0.25, 0.3) is 22.0 Å². The number of thiocarbonyl (C=S) groups is 1. The van der Waals surface area contributed by atoms with Crippen molar-refractivity contribution in [1.82, 2.24) is 10.3 Å². The average molecular weight is 468 g/mol. The number of anilines is 1. The predicted octanol–water partition coefficient (Wildman–Crippen LogP) is 5.82. The fourth-order valence-electron chi connectivity index (χ4n) is 3.11. The summed E-state index contributed by atoms with van der Waals surface area (Å²) in [6.07, 6.45) is 0. The molecule has 5 nitrogen and oxygen atoms in total. The third kappa shape index (κ3) is 5.19. The van der Waals surface area contributed by atoms with Crippen molar-refractivity contribution in [3.05, 3.63) is 76.6 Å². The lowest BCUT2D eigenvalue weighted by atomic mass is 10.0. The number of aryl methyl sites for hydroxylation is 1. The molecule has 31 heavy (non-hydrogen) atoms. The number of hydrogen-bond donors (Lipinski definition) is 2. The zero-order chi connectivity index (χ0) is 21.8. The number of ether oxygens (including phenoxy) is 1. The van der Waals surface area contributed by atoms with Gasteiger partial charge in [-0.1, -0.05) is 54.1 Å². The molecule has 0 radical (unpaired) electrons. The second-order valence-corrected chi connectivity index (χ2v) is 8.47. The van der Waals surface area contributed by atoms with Gasteiger partial charge >= 0.3 is 0 Å². The zero-order valence-electron chi connectivity index (χ0n) is 16.5. The standard InChI is InChI=1S/C23H18ClN3O2S2/c1-14-11-16(24)9-10-20(14)29-12-21(28)26-22(30)27-23-25-19(13-31-23)18-8-4-6-15-5-2-3-7-17(15)18/h2-11,13H,12H2,1H3,(H2,25,26,27,28,30). The molecule has 0 fully saturated rings. The second-order valence-electron chi connectivity index (χ2n) is 6.77. The van der Waals surface area contributed by atoms with E-state index in [4.69, 9.17) is 28.6 Å². The van der Waals surface area contributed by atoms with E-state index in [0.717, 1.165) is 27.6 Å². The molecule has 0 spiro atoms. The molecule has 0 atom stereocenters. The van der Waals surface area contributed by atoms with Crippen LogP contribution in [0.3, 0.4) is 0 Å². The molecule has 1 aromatic heterocycles. The summed E-state index contributed by atoms with van der Waals surface area (Å²) in [5.74, 6) is 0.232. The lowest BCUT2D eigenvalue weighted by Gasteiger charge is -2.10. The minimum Gasteiger partial charge on any atom is -0.483 e. The number of benzene rings is 3. The Labute approximate surface area is 194 Å². The van der Waals surface area contributed by atoms with Crippen LogP contribution in [0.5, 0.6) is 5.75 Å². The molecule has 4 aromatic rings. The van der Waals surface area contributed by atoms with E-state index >= 15 is 0 Å². The van der Waals surface area contributed by atoms with E-state index in [2.05, 4.69) is 33.8 Å². The zero-order valence-corrected chi connectivity index (χ0v) is 18.9. The number of halogens is 1. The van der Waals surface area contributed by atoms with Crippen molar-refractivity contribution in [2.24, 2.45) is 0 Å². The summed E-state index contributed by atoms with van der Waals surface area (Å²) in [6.45, 7) is 1.70. The molecule has 1 heterocycles. The molecular weight excluding hydrogens is 450 g/mol. The van der Waals surface area contributed by atoms with Crippen LogP contribution in [0.4, 0.5) is 5.13 Å². The average Bonchev–Trinajstić information content (AvgIpc) is 3.20. The third-order valence-corrected chi connectivity index (χ3v) is 5.74. The van der Waals surface area contributed by atoms with E-state index in [1.807, 2.05) is 36.6 Å². The molecule has 0 unspecified atom stereocenters. The molecule has 8 heteroatoms. The Hall–Kier alpha value is -3.00. The van der Waals surface area contributed by atoms with Gasteiger partial charge in [0, 0.05) is 16.0 Å². The first kappa shape index (κ1) is 21.2. The van der Waals surface area contributed by atoms with E-state index in [-0.39, 0.29) is 17.6 Å². The van der Waals surface area contributed by atoms with Crippen molar-refractivity contribution >= 4 is 62.1 Å². The van der Waals surface area contributed by atoms with Gasteiger partial charge in [0.1, 0.15) is 5.75 Å². The molecule has 0 aliphatic carbocycles. The first-order valence-electron chi connectivity index (χ1n) is 9.43. The highest BCUT2D eigenvalue weighted by Crippen LogP contribution is 2.31. The summed E-state index contributed by atoms with van der Waals surface area (Å²) in [6, 6.07) is 19.5. The monoisotopic (exact) mass is 467 g/mol. The van der Waals surface area contributed by atoms with E-state index in [1.165, 1.54) is 11.3 Å². The molecule has 1 amide bonds. The van der Waals surface area contributed by atoms with Crippen LogP contribution >= 0.6 is 35.2 Å². The van der Waals surface area contributed by atoms with Crippen LogP contribution in [0, 0.1) is 6.92 Å². The first-order valence-corrected chi connectivity index (χ1v) is 11.1. The number of rotatable bonds is 5. The maximum atomic E-state index is 12.2.